The molecular formula is C25H30N6O2S. The summed E-state index contributed by atoms with van der Waals surface area (Å²) < 4.78 is 1.89. The van der Waals surface area contributed by atoms with Gasteiger partial charge in [-0.2, -0.15) is 0 Å². The summed E-state index contributed by atoms with van der Waals surface area (Å²) in [5, 5.41) is 11.9. The lowest BCUT2D eigenvalue weighted by Crippen LogP contribution is -2.38. The zero-order valence-electron chi connectivity index (χ0n) is 19.5. The van der Waals surface area contributed by atoms with Gasteiger partial charge >= 0.3 is 0 Å². The van der Waals surface area contributed by atoms with Crippen LogP contribution in [0.15, 0.2) is 60.0 Å². The molecule has 2 heterocycles. The molecule has 1 aromatic heterocycles. The summed E-state index contributed by atoms with van der Waals surface area (Å²) in [6.07, 6.45) is 3.11. The van der Waals surface area contributed by atoms with Crippen LogP contribution in [0, 0.1) is 5.92 Å². The number of carbonyl (C=O) groups excluding carboxylic acids is 2. The summed E-state index contributed by atoms with van der Waals surface area (Å²) in [6, 6.07) is 16.0. The van der Waals surface area contributed by atoms with Gasteiger partial charge in [0.15, 0.2) is 5.16 Å². The number of nitrogens with zero attached hydrogens (tertiary/aromatic N) is 4. The molecule has 2 amide bonds. The smallest absolute Gasteiger partial charge is 0.234 e. The predicted molar refractivity (Wildman–Crippen MR) is 135 cm³/mol. The molecule has 4 rings (SSSR count). The Morgan fingerprint density at radius 1 is 1.12 bits per heavy atom. The van der Waals surface area contributed by atoms with Gasteiger partial charge < -0.3 is 16.0 Å². The zero-order chi connectivity index (χ0) is 24.1. The van der Waals surface area contributed by atoms with Crippen LogP contribution in [-0.2, 0) is 9.59 Å². The van der Waals surface area contributed by atoms with Crippen molar-refractivity contribution in [1.82, 2.24) is 14.8 Å². The SMILES string of the molecule is CC(C)c1ccc(-n2cnnc2SCC(=O)Nc2ccccc2N2CCC(C(N)=O)CC2)cc1. The molecule has 3 aromatic rings. The number of hydrogen-bond acceptors (Lipinski definition) is 6. The van der Waals surface area contributed by atoms with Gasteiger partial charge in [-0.3, -0.25) is 14.2 Å². The van der Waals surface area contributed by atoms with Gasteiger partial charge in [0, 0.05) is 24.7 Å². The maximum Gasteiger partial charge on any atom is 0.234 e. The van der Waals surface area contributed by atoms with E-state index in [1.807, 2.05) is 41.0 Å². The van der Waals surface area contributed by atoms with Crippen molar-refractivity contribution in [3.8, 4) is 5.69 Å². The van der Waals surface area contributed by atoms with Gasteiger partial charge in [-0.25, -0.2) is 0 Å². The maximum absolute atomic E-state index is 12.8. The van der Waals surface area contributed by atoms with E-state index >= 15 is 0 Å². The molecule has 1 saturated heterocycles. The third-order valence-corrected chi connectivity index (χ3v) is 7.05. The minimum absolute atomic E-state index is 0.0756. The molecule has 1 aliphatic rings. The van der Waals surface area contributed by atoms with Crippen LogP contribution in [0.3, 0.4) is 0 Å². The minimum Gasteiger partial charge on any atom is -0.370 e. The highest BCUT2D eigenvalue weighted by molar-refractivity contribution is 7.99. The molecule has 0 unspecified atom stereocenters. The number of aromatic nitrogens is 3. The second-order valence-electron chi connectivity index (χ2n) is 8.75. The first kappa shape index (κ1) is 23.8. The predicted octanol–water partition coefficient (Wildman–Crippen LogP) is 3.82. The normalized spacial score (nSPS) is 14.4. The van der Waals surface area contributed by atoms with E-state index in [4.69, 9.17) is 5.73 Å². The highest BCUT2D eigenvalue weighted by Gasteiger charge is 2.24. The Bertz CT molecular complexity index is 1140. The fourth-order valence-electron chi connectivity index (χ4n) is 4.10. The number of piperidine rings is 1. The Morgan fingerprint density at radius 3 is 2.50 bits per heavy atom. The molecule has 0 aliphatic carbocycles. The molecule has 34 heavy (non-hydrogen) atoms. The van der Waals surface area contributed by atoms with Crippen molar-refractivity contribution in [2.75, 3.05) is 29.1 Å². The summed E-state index contributed by atoms with van der Waals surface area (Å²) in [4.78, 5) is 26.4. The number of nitrogens with two attached hydrogens (primary N) is 1. The first-order valence-corrected chi connectivity index (χ1v) is 12.5. The highest BCUT2D eigenvalue weighted by Crippen LogP contribution is 2.30. The second-order valence-corrected chi connectivity index (χ2v) is 9.69. The molecule has 0 saturated carbocycles. The number of thioether (sulfide) groups is 1. The Kier molecular flexibility index (Phi) is 7.52. The van der Waals surface area contributed by atoms with Crippen LogP contribution in [-0.4, -0.2) is 45.4 Å². The summed E-state index contributed by atoms with van der Waals surface area (Å²) >= 11 is 1.34. The number of amides is 2. The van der Waals surface area contributed by atoms with Gasteiger partial charge in [0.2, 0.25) is 11.8 Å². The van der Waals surface area contributed by atoms with E-state index in [1.54, 1.807) is 6.33 Å². The largest absolute Gasteiger partial charge is 0.370 e. The molecule has 0 spiro atoms. The first-order valence-electron chi connectivity index (χ1n) is 11.5. The topological polar surface area (TPSA) is 106 Å². The van der Waals surface area contributed by atoms with E-state index in [0.717, 1.165) is 43.0 Å². The molecule has 9 heteroatoms. The monoisotopic (exact) mass is 478 g/mol. The summed E-state index contributed by atoms with van der Waals surface area (Å²) in [7, 11) is 0. The van der Waals surface area contributed by atoms with Crippen LogP contribution in [0.25, 0.3) is 5.69 Å². The van der Waals surface area contributed by atoms with Crippen molar-refractivity contribution in [3.63, 3.8) is 0 Å². The van der Waals surface area contributed by atoms with E-state index in [1.165, 1.54) is 17.3 Å². The van der Waals surface area contributed by atoms with Gasteiger partial charge in [0.05, 0.1) is 17.1 Å². The van der Waals surface area contributed by atoms with Crippen molar-refractivity contribution in [3.05, 3.63) is 60.4 Å². The van der Waals surface area contributed by atoms with Gasteiger partial charge in [-0.1, -0.05) is 49.9 Å². The average molecular weight is 479 g/mol. The lowest BCUT2D eigenvalue weighted by Gasteiger charge is -2.33. The van der Waals surface area contributed by atoms with E-state index < -0.39 is 0 Å². The third-order valence-electron chi connectivity index (χ3n) is 6.10. The fourth-order valence-corrected chi connectivity index (χ4v) is 4.83. The van der Waals surface area contributed by atoms with E-state index in [9.17, 15) is 9.59 Å². The van der Waals surface area contributed by atoms with Crippen molar-refractivity contribution < 1.29 is 9.59 Å². The molecule has 8 nitrogen and oxygen atoms in total. The van der Waals surface area contributed by atoms with E-state index in [-0.39, 0.29) is 23.5 Å². The summed E-state index contributed by atoms with van der Waals surface area (Å²) in [5.41, 5.74) is 9.40. The number of nitrogens with one attached hydrogen (secondary N) is 1. The number of rotatable bonds is 8. The lowest BCUT2D eigenvalue weighted by molar-refractivity contribution is -0.122. The molecule has 1 aliphatic heterocycles. The van der Waals surface area contributed by atoms with Gasteiger partial charge in [0.1, 0.15) is 6.33 Å². The molecule has 1 fully saturated rings. The molecule has 0 radical (unpaired) electrons. The Hall–Kier alpha value is -3.33. The quantitative estimate of drug-likeness (QED) is 0.477. The van der Waals surface area contributed by atoms with Crippen molar-refractivity contribution in [2.24, 2.45) is 11.7 Å². The van der Waals surface area contributed by atoms with E-state index in [2.05, 4.69) is 46.4 Å². The summed E-state index contributed by atoms with van der Waals surface area (Å²) in [6.45, 7) is 5.78. The zero-order valence-corrected chi connectivity index (χ0v) is 20.3. The number of benzene rings is 2. The van der Waals surface area contributed by atoms with Gasteiger partial charge in [-0.05, 0) is 48.6 Å². The maximum atomic E-state index is 12.8. The van der Waals surface area contributed by atoms with Crippen LogP contribution in [0.2, 0.25) is 0 Å². The van der Waals surface area contributed by atoms with Crippen LogP contribution in [0.4, 0.5) is 11.4 Å². The van der Waals surface area contributed by atoms with Crippen LogP contribution >= 0.6 is 11.8 Å². The van der Waals surface area contributed by atoms with Gasteiger partial charge in [-0.15, -0.1) is 10.2 Å². The number of carbonyl (C=O) groups is 2. The molecule has 0 atom stereocenters. The van der Waals surface area contributed by atoms with Gasteiger partial charge in [0.25, 0.3) is 0 Å². The first-order chi connectivity index (χ1) is 16.4. The van der Waals surface area contributed by atoms with Crippen LogP contribution in [0.5, 0.6) is 0 Å². The number of anilines is 2. The number of para-hydroxylation sites is 2. The molecular weight excluding hydrogens is 448 g/mol. The average Bonchev–Trinajstić information content (AvgIpc) is 3.32. The Labute approximate surface area is 203 Å². The Balaban J connectivity index is 1.38. The standard InChI is InChI=1S/C25H30N6O2S/c1-17(2)18-7-9-20(10-8-18)31-16-27-29-25(31)34-15-23(32)28-21-5-3-4-6-22(21)30-13-11-19(12-14-30)24(26)33/h3-10,16-17,19H,11-15H2,1-2H3,(H2,26,33)(H,28,32). The second kappa shape index (κ2) is 10.7. The molecule has 0 bridgehead atoms. The fraction of sp³-hybridized carbons (Fsp3) is 0.360. The highest BCUT2D eigenvalue weighted by atomic mass is 32.2. The minimum atomic E-state index is -0.234. The molecule has 3 N–H and O–H groups in total. The Morgan fingerprint density at radius 2 is 1.82 bits per heavy atom. The van der Waals surface area contributed by atoms with Crippen molar-refractivity contribution in [1.29, 1.82) is 0 Å². The number of primary amides is 1. The molecule has 178 valence electrons. The number of hydrogen-bond donors (Lipinski definition) is 2. The van der Waals surface area contributed by atoms with Crippen molar-refractivity contribution in [2.45, 2.75) is 37.8 Å². The van der Waals surface area contributed by atoms with Crippen LogP contribution < -0.4 is 16.0 Å². The van der Waals surface area contributed by atoms with Crippen LogP contribution in [0.1, 0.15) is 38.2 Å². The lowest BCUT2D eigenvalue weighted by atomic mass is 9.96. The molecule has 2 aromatic carbocycles. The summed E-state index contributed by atoms with van der Waals surface area (Å²) in [5.74, 6) is 0.246. The van der Waals surface area contributed by atoms with E-state index in [0.29, 0.717) is 11.1 Å². The van der Waals surface area contributed by atoms with Crippen molar-refractivity contribution >= 4 is 35.0 Å². The third kappa shape index (κ3) is 5.59.